The van der Waals surface area contributed by atoms with E-state index in [0.717, 1.165) is 5.56 Å². The van der Waals surface area contributed by atoms with Crippen molar-refractivity contribution in [2.24, 2.45) is 0 Å². The van der Waals surface area contributed by atoms with Gasteiger partial charge in [-0.1, -0.05) is 6.92 Å². The maximum atomic E-state index is 12.9. The third-order valence-electron chi connectivity index (χ3n) is 3.22. The Labute approximate surface area is 185 Å². The van der Waals surface area contributed by atoms with Crippen LogP contribution in [-0.4, -0.2) is 42.4 Å². The number of halogens is 1. The number of pyridine rings is 1. The molecule has 0 saturated heterocycles. The molecule has 156 valence electrons. The number of allylic oxidation sites excluding steroid dienone is 1. The fourth-order valence-electron chi connectivity index (χ4n) is 2.08. The summed E-state index contributed by atoms with van der Waals surface area (Å²) in [6.07, 6.45) is 3.20. The first-order valence-electron chi connectivity index (χ1n) is 8.75. The lowest BCUT2D eigenvalue weighted by atomic mass is 10.2. The lowest BCUT2D eigenvalue weighted by molar-refractivity contribution is -0.577. The van der Waals surface area contributed by atoms with E-state index in [2.05, 4.69) is 0 Å². The van der Waals surface area contributed by atoms with Gasteiger partial charge in [0.1, 0.15) is 10.7 Å². The van der Waals surface area contributed by atoms with Crippen LogP contribution in [0.3, 0.4) is 0 Å². The zero-order valence-electron chi connectivity index (χ0n) is 16.5. The van der Waals surface area contributed by atoms with Crippen molar-refractivity contribution in [3.63, 3.8) is 0 Å². The molecule has 1 aromatic rings. The second kappa shape index (κ2) is 14.6. The van der Waals surface area contributed by atoms with Gasteiger partial charge in [0.15, 0.2) is 12.4 Å². The molecular formula is C19H26BrNO5S2. The van der Waals surface area contributed by atoms with E-state index in [1.165, 1.54) is 23.5 Å². The Morgan fingerprint density at radius 1 is 0.964 bits per heavy atom. The van der Waals surface area contributed by atoms with Gasteiger partial charge in [-0.3, -0.25) is 14.4 Å². The Bertz CT molecular complexity index is 692. The van der Waals surface area contributed by atoms with Crippen molar-refractivity contribution < 1.29 is 45.4 Å². The van der Waals surface area contributed by atoms with E-state index < -0.39 is 5.97 Å². The topological polar surface area (TPSA) is 73.5 Å². The van der Waals surface area contributed by atoms with E-state index in [1.54, 1.807) is 30.8 Å². The van der Waals surface area contributed by atoms with Crippen molar-refractivity contribution >= 4 is 46.9 Å². The molecule has 0 aromatic carbocycles. The van der Waals surface area contributed by atoms with E-state index >= 15 is 0 Å². The largest absolute Gasteiger partial charge is 1.00 e. The van der Waals surface area contributed by atoms with Crippen LogP contribution in [0.4, 0.5) is 0 Å². The SMILES string of the molecule is CCOC(=O)CS/C(SCC)=C(/C(=O)CC(=O)OCC)[n+]1ccc(C)cc1.[Br-]. The molecule has 0 amide bonds. The summed E-state index contributed by atoms with van der Waals surface area (Å²) in [5.74, 6) is -0.451. The fraction of sp³-hybridized carbons (Fsp3) is 0.474. The molecule has 0 saturated carbocycles. The first-order chi connectivity index (χ1) is 12.9. The summed E-state index contributed by atoms with van der Waals surface area (Å²) >= 11 is 2.70. The summed E-state index contributed by atoms with van der Waals surface area (Å²) in [4.78, 5) is 36.4. The predicted octanol–water partition coefficient (Wildman–Crippen LogP) is -0.0157. The number of hydrogen-bond acceptors (Lipinski definition) is 7. The van der Waals surface area contributed by atoms with Crippen LogP contribution >= 0.6 is 23.5 Å². The number of ketones is 1. The molecule has 0 unspecified atom stereocenters. The highest BCUT2D eigenvalue weighted by atomic mass is 79.9. The number of aromatic nitrogens is 1. The molecule has 0 aliphatic carbocycles. The molecule has 28 heavy (non-hydrogen) atoms. The Morgan fingerprint density at radius 3 is 2.07 bits per heavy atom. The minimum Gasteiger partial charge on any atom is -1.00 e. The number of carbonyl (C=O) groups is 3. The standard InChI is InChI=1S/C19H26NO5S2.BrH/c1-5-24-16(22)12-15(21)18(20-10-8-14(4)9-11-20)19(26-7-3)27-13-17(23)25-6-2;/h8-11H,5-7,12-13H2,1-4H3;1H/q+1;/p-1/b19-18-;. The van der Waals surface area contributed by atoms with E-state index in [1.807, 2.05) is 26.0 Å². The monoisotopic (exact) mass is 491 g/mol. The molecule has 1 aromatic heterocycles. The van der Waals surface area contributed by atoms with Crippen LogP contribution in [0.15, 0.2) is 28.8 Å². The second-order valence-corrected chi connectivity index (χ2v) is 7.87. The quantitative estimate of drug-likeness (QED) is 0.186. The number of aryl methyl sites for hydroxylation is 1. The van der Waals surface area contributed by atoms with Gasteiger partial charge in [-0.25, -0.2) is 0 Å². The van der Waals surface area contributed by atoms with Gasteiger partial charge in [0.25, 0.3) is 5.70 Å². The van der Waals surface area contributed by atoms with Crippen LogP contribution in [-0.2, 0) is 23.9 Å². The first-order valence-corrected chi connectivity index (χ1v) is 10.7. The summed E-state index contributed by atoms with van der Waals surface area (Å²) in [6, 6.07) is 3.75. The number of esters is 2. The van der Waals surface area contributed by atoms with E-state index in [9.17, 15) is 14.4 Å². The minimum absolute atomic E-state index is 0. The molecule has 0 aliphatic rings. The summed E-state index contributed by atoms with van der Waals surface area (Å²) in [7, 11) is 0. The summed E-state index contributed by atoms with van der Waals surface area (Å²) in [6.45, 7) is 7.88. The summed E-state index contributed by atoms with van der Waals surface area (Å²) in [5, 5.41) is 0. The van der Waals surface area contributed by atoms with Crippen molar-refractivity contribution in [3.8, 4) is 0 Å². The molecule has 0 fully saturated rings. The van der Waals surface area contributed by atoms with Crippen LogP contribution in [0.2, 0.25) is 0 Å². The average molecular weight is 492 g/mol. The molecular weight excluding hydrogens is 466 g/mol. The average Bonchev–Trinajstić information content (AvgIpc) is 2.62. The number of rotatable bonds is 11. The zero-order valence-corrected chi connectivity index (χ0v) is 19.7. The summed E-state index contributed by atoms with van der Waals surface area (Å²) in [5.41, 5.74) is 1.41. The van der Waals surface area contributed by atoms with Crippen LogP contribution in [0.25, 0.3) is 5.70 Å². The number of hydrogen-bond donors (Lipinski definition) is 0. The molecule has 0 bridgehead atoms. The van der Waals surface area contributed by atoms with Crippen molar-refractivity contribution in [1.82, 2.24) is 0 Å². The highest BCUT2D eigenvalue weighted by Gasteiger charge is 2.29. The molecule has 1 rings (SSSR count). The van der Waals surface area contributed by atoms with Crippen molar-refractivity contribution in [2.75, 3.05) is 24.7 Å². The van der Waals surface area contributed by atoms with Crippen molar-refractivity contribution in [1.29, 1.82) is 0 Å². The Morgan fingerprint density at radius 2 is 1.54 bits per heavy atom. The third-order valence-corrected chi connectivity index (χ3v) is 5.51. The highest BCUT2D eigenvalue weighted by molar-refractivity contribution is 8.22. The maximum Gasteiger partial charge on any atom is 0.316 e. The van der Waals surface area contributed by atoms with Gasteiger partial charge in [0, 0.05) is 12.1 Å². The molecule has 0 atom stereocenters. The van der Waals surface area contributed by atoms with Gasteiger partial charge in [0.05, 0.1) is 19.0 Å². The lowest BCUT2D eigenvalue weighted by Gasteiger charge is -2.09. The van der Waals surface area contributed by atoms with Crippen LogP contribution in [0.1, 0.15) is 32.8 Å². The second-order valence-electron chi connectivity index (χ2n) is 5.35. The number of thioether (sulfide) groups is 2. The van der Waals surface area contributed by atoms with E-state index in [-0.39, 0.29) is 47.5 Å². The third kappa shape index (κ3) is 9.25. The Balaban J connectivity index is 0.00000729. The molecule has 6 nitrogen and oxygen atoms in total. The van der Waals surface area contributed by atoms with Gasteiger partial charge in [-0.15, -0.1) is 23.5 Å². The molecule has 1 heterocycles. The van der Waals surface area contributed by atoms with Gasteiger partial charge in [-0.05, 0) is 32.1 Å². The highest BCUT2D eigenvalue weighted by Crippen LogP contribution is 2.32. The molecule has 0 radical (unpaired) electrons. The van der Waals surface area contributed by atoms with Gasteiger partial charge in [-0.2, -0.15) is 4.57 Å². The van der Waals surface area contributed by atoms with Crippen molar-refractivity contribution in [2.45, 2.75) is 34.1 Å². The van der Waals surface area contributed by atoms with Crippen molar-refractivity contribution in [3.05, 3.63) is 34.3 Å². The zero-order chi connectivity index (χ0) is 20.2. The minimum atomic E-state index is -0.566. The molecule has 0 aliphatic heterocycles. The maximum absolute atomic E-state index is 12.9. The fourth-order valence-corrected chi connectivity index (χ4v) is 4.25. The lowest BCUT2D eigenvalue weighted by Crippen LogP contribution is -3.00. The first kappa shape index (κ1) is 26.7. The number of Topliss-reactive ketones (excluding diaryl/α,β-unsaturated/α-hetero) is 1. The van der Waals surface area contributed by atoms with Crippen LogP contribution in [0.5, 0.6) is 0 Å². The molecule has 0 N–H and O–H groups in total. The van der Waals surface area contributed by atoms with E-state index in [0.29, 0.717) is 22.3 Å². The normalized spacial score (nSPS) is 11.1. The smallest absolute Gasteiger partial charge is 0.316 e. The van der Waals surface area contributed by atoms with Crippen LogP contribution < -0.4 is 21.5 Å². The number of nitrogens with zero attached hydrogens (tertiary/aromatic N) is 1. The summed E-state index contributed by atoms with van der Waals surface area (Å²) < 4.78 is 12.2. The van der Waals surface area contributed by atoms with Crippen LogP contribution in [0, 0.1) is 6.92 Å². The number of carbonyl (C=O) groups excluding carboxylic acids is 3. The number of ether oxygens (including phenoxy) is 2. The van der Waals surface area contributed by atoms with Gasteiger partial charge in [0.2, 0.25) is 5.78 Å². The Hall–Kier alpha value is -1.32. The predicted molar refractivity (Wildman–Crippen MR) is 108 cm³/mol. The Kier molecular flexibility index (Phi) is 14.0. The van der Waals surface area contributed by atoms with E-state index in [4.69, 9.17) is 9.47 Å². The van der Waals surface area contributed by atoms with Gasteiger partial charge >= 0.3 is 11.9 Å². The molecule has 9 heteroatoms. The van der Waals surface area contributed by atoms with Gasteiger partial charge < -0.3 is 26.5 Å². The molecule has 0 spiro atoms.